The highest BCUT2D eigenvalue weighted by molar-refractivity contribution is 7.18. The van der Waals surface area contributed by atoms with Crippen LogP contribution in [-0.4, -0.2) is 10.8 Å². The van der Waals surface area contributed by atoms with Crippen LogP contribution in [0.2, 0.25) is 0 Å². The van der Waals surface area contributed by atoms with Gasteiger partial charge in [-0.25, -0.2) is 4.98 Å². The zero-order chi connectivity index (χ0) is 18.0. The first-order valence-electron chi connectivity index (χ1n) is 7.15. The molecular weight excluding hydrogens is 351 g/mol. The van der Waals surface area contributed by atoms with Crippen molar-refractivity contribution in [3.63, 3.8) is 0 Å². The molecule has 0 bridgehead atoms. The molecule has 25 heavy (non-hydrogen) atoms. The minimum absolute atomic E-state index is 0.0355. The number of halogens is 3. The minimum Gasteiger partial charge on any atom is -0.382 e. The number of rotatable bonds is 4. The average molecular weight is 363 g/mol. The summed E-state index contributed by atoms with van der Waals surface area (Å²) in [4.78, 5) is 16.7. The topological polar surface area (TPSA) is 68.0 Å². The van der Waals surface area contributed by atoms with Crippen LogP contribution in [0.15, 0.2) is 54.6 Å². The van der Waals surface area contributed by atoms with E-state index in [1.165, 1.54) is 0 Å². The summed E-state index contributed by atoms with van der Waals surface area (Å²) >= 11 is 1.05. The average Bonchev–Trinajstić information content (AvgIpc) is 2.95. The maximum atomic E-state index is 12.6. The third-order valence-electron chi connectivity index (χ3n) is 3.36. The smallest absolute Gasteiger partial charge is 0.382 e. The van der Waals surface area contributed by atoms with E-state index in [2.05, 4.69) is 10.3 Å². The summed E-state index contributed by atoms with van der Waals surface area (Å²) in [6, 6.07) is 13.2. The third kappa shape index (κ3) is 3.80. The lowest BCUT2D eigenvalue weighted by atomic mass is 10.1. The number of hydrogen-bond acceptors (Lipinski definition) is 5. The number of thiazole rings is 1. The molecule has 0 unspecified atom stereocenters. The number of alkyl halides is 3. The van der Waals surface area contributed by atoms with Gasteiger partial charge in [-0.15, -0.1) is 0 Å². The highest BCUT2D eigenvalue weighted by Crippen LogP contribution is 2.32. The molecule has 0 spiro atoms. The number of hydrogen-bond donors (Lipinski definition) is 2. The van der Waals surface area contributed by atoms with Gasteiger partial charge in [0.15, 0.2) is 5.13 Å². The van der Waals surface area contributed by atoms with Gasteiger partial charge in [-0.1, -0.05) is 41.7 Å². The number of nitrogens with zero attached hydrogens (tertiary/aromatic N) is 1. The number of carbonyl (C=O) groups is 1. The fourth-order valence-electron chi connectivity index (χ4n) is 2.13. The van der Waals surface area contributed by atoms with Crippen molar-refractivity contribution in [1.29, 1.82) is 0 Å². The molecule has 3 aromatic rings. The Bertz CT molecular complexity index is 890. The number of anilines is 3. The van der Waals surface area contributed by atoms with Gasteiger partial charge in [0, 0.05) is 11.3 Å². The Morgan fingerprint density at radius 1 is 1.04 bits per heavy atom. The van der Waals surface area contributed by atoms with Crippen molar-refractivity contribution in [3.05, 3.63) is 70.6 Å². The van der Waals surface area contributed by atoms with E-state index < -0.39 is 17.5 Å². The molecule has 3 N–H and O–H groups in total. The highest BCUT2D eigenvalue weighted by Gasteiger charge is 2.30. The first-order valence-corrected chi connectivity index (χ1v) is 7.96. The summed E-state index contributed by atoms with van der Waals surface area (Å²) in [7, 11) is 0. The molecule has 2 aromatic carbocycles. The second-order valence-electron chi connectivity index (χ2n) is 5.13. The van der Waals surface area contributed by atoms with E-state index in [9.17, 15) is 18.0 Å². The molecule has 0 saturated heterocycles. The maximum absolute atomic E-state index is 12.6. The largest absolute Gasteiger partial charge is 0.416 e. The van der Waals surface area contributed by atoms with Crippen molar-refractivity contribution < 1.29 is 18.0 Å². The molecule has 4 nitrogen and oxygen atoms in total. The molecular formula is C17H12F3N3OS. The SMILES string of the molecule is Nc1nc(Nc2ccccc2)sc1C(=O)c1ccc(C(F)(F)F)cc1. The van der Waals surface area contributed by atoms with Crippen molar-refractivity contribution in [2.45, 2.75) is 6.18 Å². The Labute approximate surface area is 145 Å². The van der Waals surface area contributed by atoms with Gasteiger partial charge >= 0.3 is 6.18 Å². The standard InChI is InChI=1S/C17H12F3N3OS/c18-17(19,20)11-8-6-10(7-9-11)13(24)14-15(21)23-16(25-14)22-12-4-2-1-3-5-12/h1-9H,21H2,(H,22,23). The van der Waals surface area contributed by atoms with E-state index in [4.69, 9.17) is 5.73 Å². The van der Waals surface area contributed by atoms with Crippen LogP contribution in [0.4, 0.5) is 29.8 Å². The van der Waals surface area contributed by atoms with Crippen molar-refractivity contribution >= 4 is 33.8 Å². The van der Waals surface area contributed by atoms with Crippen molar-refractivity contribution in [2.24, 2.45) is 0 Å². The Kier molecular flexibility index (Phi) is 4.45. The number of carbonyl (C=O) groups excluding carboxylic acids is 1. The molecule has 0 radical (unpaired) electrons. The maximum Gasteiger partial charge on any atom is 0.416 e. The van der Waals surface area contributed by atoms with Crippen LogP contribution >= 0.6 is 11.3 Å². The van der Waals surface area contributed by atoms with Crippen LogP contribution in [0, 0.1) is 0 Å². The van der Waals surface area contributed by atoms with Gasteiger partial charge in [0.25, 0.3) is 0 Å². The lowest BCUT2D eigenvalue weighted by Crippen LogP contribution is -2.07. The summed E-state index contributed by atoms with van der Waals surface area (Å²) in [5.74, 6) is -0.432. The van der Waals surface area contributed by atoms with Gasteiger partial charge in [-0.3, -0.25) is 4.79 Å². The van der Waals surface area contributed by atoms with Gasteiger partial charge in [-0.2, -0.15) is 13.2 Å². The first-order chi connectivity index (χ1) is 11.8. The monoisotopic (exact) mass is 363 g/mol. The van der Waals surface area contributed by atoms with Crippen LogP contribution in [-0.2, 0) is 6.18 Å². The lowest BCUT2D eigenvalue weighted by molar-refractivity contribution is -0.137. The number of aromatic nitrogens is 1. The molecule has 1 aromatic heterocycles. The molecule has 3 rings (SSSR count). The van der Waals surface area contributed by atoms with E-state index in [1.54, 1.807) is 0 Å². The predicted molar refractivity (Wildman–Crippen MR) is 91.1 cm³/mol. The van der Waals surface area contributed by atoms with E-state index >= 15 is 0 Å². The van der Waals surface area contributed by atoms with Crippen LogP contribution in [0.5, 0.6) is 0 Å². The van der Waals surface area contributed by atoms with E-state index in [0.29, 0.717) is 5.13 Å². The molecule has 0 aliphatic carbocycles. The van der Waals surface area contributed by atoms with Gasteiger partial charge in [0.1, 0.15) is 10.7 Å². The van der Waals surface area contributed by atoms with E-state index in [0.717, 1.165) is 41.3 Å². The second-order valence-corrected chi connectivity index (χ2v) is 6.13. The van der Waals surface area contributed by atoms with Crippen molar-refractivity contribution in [3.8, 4) is 0 Å². The quantitative estimate of drug-likeness (QED) is 0.658. The van der Waals surface area contributed by atoms with Gasteiger partial charge < -0.3 is 11.1 Å². The van der Waals surface area contributed by atoms with E-state index in [-0.39, 0.29) is 16.3 Å². The molecule has 0 atom stereocenters. The summed E-state index contributed by atoms with van der Waals surface area (Å²) < 4.78 is 37.8. The molecule has 0 saturated carbocycles. The lowest BCUT2D eigenvalue weighted by Gasteiger charge is -2.06. The van der Waals surface area contributed by atoms with Gasteiger partial charge in [0.05, 0.1) is 5.56 Å². The molecule has 0 aliphatic rings. The van der Waals surface area contributed by atoms with Crippen LogP contribution in [0.25, 0.3) is 0 Å². The van der Waals surface area contributed by atoms with Crippen LogP contribution < -0.4 is 11.1 Å². The molecule has 0 fully saturated rings. The fourth-order valence-corrected chi connectivity index (χ4v) is 3.00. The number of ketones is 1. The number of nitrogens with one attached hydrogen (secondary N) is 1. The Morgan fingerprint density at radius 2 is 1.68 bits per heavy atom. The van der Waals surface area contributed by atoms with Crippen molar-refractivity contribution in [1.82, 2.24) is 4.98 Å². The zero-order valence-electron chi connectivity index (χ0n) is 12.7. The van der Waals surface area contributed by atoms with Crippen LogP contribution in [0.1, 0.15) is 20.8 Å². The number of nitrogens with two attached hydrogens (primary N) is 1. The highest BCUT2D eigenvalue weighted by atomic mass is 32.1. The van der Waals surface area contributed by atoms with Crippen molar-refractivity contribution in [2.75, 3.05) is 11.1 Å². The summed E-state index contributed by atoms with van der Waals surface area (Å²) in [5.41, 5.74) is 5.88. The molecule has 0 aliphatic heterocycles. The zero-order valence-corrected chi connectivity index (χ0v) is 13.5. The normalized spacial score (nSPS) is 11.3. The summed E-state index contributed by atoms with van der Waals surface area (Å²) in [6.07, 6.45) is -4.45. The fraction of sp³-hybridized carbons (Fsp3) is 0.0588. The number of nitrogen functional groups attached to an aromatic ring is 1. The second kappa shape index (κ2) is 6.56. The summed E-state index contributed by atoms with van der Waals surface area (Å²) in [5, 5.41) is 3.46. The summed E-state index contributed by atoms with van der Waals surface area (Å²) in [6.45, 7) is 0. The predicted octanol–water partition coefficient (Wildman–Crippen LogP) is 4.72. The minimum atomic E-state index is -4.45. The first kappa shape index (κ1) is 17.0. The Balaban J connectivity index is 1.83. The molecule has 1 heterocycles. The number of benzene rings is 2. The Hall–Kier alpha value is -2.87. The molecule has 0 amide bonds. The molecule has 8 heteroatoms. The molecule has 128 valence electrons. The van der Waals surface area contributed by atoms with Crippen LogP contribution in [0.3, 0.4) is 0 Å². The Morgan fingerprint density at radius 3 is 2.28 bits per heavy atom. The van der Waals surface area contributed by atoms with Gasteiger partial charge in [0.2, 0.25) is 5.78 Å². The third-order valence-corrected chi connectivity index (χ3v) is 4.34. The van der Waals surface area contributed by atoms with Gasteiger partial charge in [-0.05, 0) is 24.3 Å². The number of para-hydroxylation sites is 1. The van der Waals surface area contributed by atoms with E-state index in [1.807, 2.05) is 30.3 Å².